The Balaban J connectivity index is 2.25. The number of ether oxygens (including phenoxy) is 2. The van der Waals surface area contributed by atoms with Gasteiger partial charge >= 0.3 is 5.97 Å². The smallest absolute Gasteiger partial charge is 0.362 e. The molecule has 1 heterocycles. The maximum Gasteiger partial charge on any atom is 0.362 e. The molecule has 0 aliphatic carbocycles. The van der Waals surface area contributed by atoms with Crippen LogP contribution in [0.5, 0.6) is 5.75 Å². The lowest BCUT2D eigenvalue weighted by Gasteiger charge is -2.02. The molecule has 0 radical (unpaired) electrons. The molecule has 106 valence electrons. The lowest BCUT2D eigenvalue weighted by atomic mass is 10.2. The van der Waals surface area contributed by atoms with E-state index < -0.39 is 5.97 Å². The molecule has 0 aliphatic rings. The van der Waals surface area contributed by atoms with E-state index in [1.54, 1.807) is 31.2 Å². The van der Waals surface area contributed by atoms with Gasteiger partial charge < -0.3 is 19.6 Å². The minimum atomic E-state index is -0.592. The van der Waals surface area contributed by atoms with Crippen LogP contribution in [0, 0.1) is 0 Å². The molecule has 2 aromatic rings. The van der Waals surface area contributed by atoms with Crippen molar-refractivity contribution in [1.29, 1.82) is 0 Å². The number of aromatic nitrogens is 1. The van der Waals surface area contributed by atoms with Crippen molar-refractivity contribution < 1.29 is 18.7 Å². The standard InChI is InChI=1S/C14H16N2O4/c1-3-18-10-7-5-9(6-8-10)13-16-11(12(15)20-13)14(17)19-4-2/h5-8H,3-4,15H2,1-2H3. The summed E-state index contributed by atoms with van der Waals surface area (Å²) in [5.74, 6) is 0.383. The van der Waals surface area contributed by atoms with Crippen molar-refractivity contribution in [3.05, 3.63) is 30.0 Å². The first-order valence-electron chi connectivity index (χ1n) is 6.32. The van der Waals surface area contributed by atoms with Gasteiger partial charge in [0, 0.05) is 5.56 Å². The minimum absolute atomic E-state index is 0.00395. The summed E-state index contributed by atoms with van der Waals surface area (Å²) in [7, 11) is 0. The van der Waals surface area contributed by atoms with E-state index >= 15 is 0 Å². The van der Waals surface area contributed by atoms with Gasteiger partial charge in [-0.05, 0) is 38.1 Å². The Bertz CT molecular complexity index is 590. The molecule has 0 unspecified atom stereocenters. The van der Waals surface area contributed by atoms with E-state index in [-0.39, 0.29) is 24.1 Å². The van der Waals surface area contributed by atoms with Crippen LogP contribution in [0.4, 0.5) is 5.88 Å². The number of esters is 1. The first kappa shape index (κ1) is 13.9. The number of benzene rings is 1. The van der Waals surface area contributed by atoms with E-state index in [1.807, 2.05) is 6.92 Å². The van der Waals surface area contributed by atoms with Gasteiger partial charge in [0.25, 0.3) is 0 Å². The predicted molar refractivity (Wildman–Crippen MR) is 73.5 cm³/mol. The molecule has 20 heavy (non-hydrogen) atoms. The van der Waals surface area contributed by atoms with Crippen LogP contribution in [-0.2, 0) is 4.74 Å². The Morgan fingerprint density at radius 1 is 1.25 bits per heavy atom. The number of hydrogen-bond acceptors (Lipinski definition) is 6. The van der Waals surface area contributed by atoms with Crippen molar-refractivity contribution in [1.82, 2.24) is 4.98 Å². The average molecular weight is 276 g/mol. The summed E-state index contributed by atoms with van der Waals surface area (Å²) in [4.78, 5) is 15.7. The molecule has 0 saturated carbocycles. The molecule has 2 rings (SSSR count). The van der Waals surface area contributed by atoms with Gasteiger partial charge in [0.05, 0.1) is 13.2 Å². The number of rotatable bonds is 5. The lowest BCUT2D eigenvalue weighted by Crippen LogP contribution is -2.07. The summed E-state index contributed by atoms with van der Waals surface area (Å²) >= 11 is 0. The summed E-state index contributed by atoms with van der Waals surface area (Å²) in [6, 6.07) is 7.16. The number of hydrogen-bond donors (Lipinski definition) is 1. The summed E-state index contributed by atoms with van der Waals surface area (Å²) in [5, 5.41) is 0. The highest BCUT2D eigenvalue weighted by Gasteiger charge is 2.19. The maximum atomic E-state index is 11.6. The maximum absolute atomic E-state index is 11.6. The quantitative estimate of drug-likeness (QED) is 0.844. The summed E-state index contributed by atoms with van der Waals surface area (Å²) < 4.78 is 15.5. The Labute approximate surface area is 116 Å². The number of nitrogen functional groups attached to an aromatic ring is 1. The highest BCUT2D eigenvalue weighted by atomic mass is 16.5. The molecule has 6 heteroatoms. The number of carbonyl (C=O) groups excluding carboxylic acids is 1. The lowest BCUT2D eigenvalue weighted by molar-refractivity contribution is 0.0521. The second-order valence-corrected chi connectivity index (χ2v) is 3.91. The third kappa shape index (κ3) is 2.90. The van der Waals surface area contributed by atoms with Gasteiger partial charge in [0.15, 0.2) is 0 Å². The Morgan fingerprint density at radius 2 is 1.95 bits per heavy atom. The van der Waals surface area contributed by atoms with Crippen LogP contribution in [0.25, 0.3) is 11.5 Å². The van der Waals surface area contributed by atoms with E-state index in [4.69, 9.17) is 19.6 Å². The Morgan fingerprint density at radius 3 is 2.55 bits per heavy atom. The molecule has 0 aliphatic heterocycles. The van der Waals surface area contributed by atoms with Crippen LogP contribution in [0.2, 0.25) is 0 Å². The number of nitrogens with two attached hydrogens (primary N) is 1. The van der Waals surface area contributed by atoms with Crippen LogP contribution in [-0.4, -0.2) is 24.2 Å². The zero-order valence-corrected chi connectivity index (χ0v) is 11.4. The fourth-order valence-corrected chi connectivity index (χ4v) is 1.66. The largest absolute Gasteiger partial charge is 0.494 e. The molecule has 6 nitrogen and oxygen atoms in total. The van der Waals surface area contributed by atoms with Crippen LogP contribution < -0.4 is 10.5 Å². The SMILES string of the molecule is CCOC(=O)c1nc(-c2ccc(OCC)cc2)oc1N. The second kappa shape index (κ2) is 6.10. The molecule has 2 N–H and O–H groups in total. The fraction of sp³-hybridized carbons (Fsp3) is 0.286. The first-order chi connectivity index (χ1) is 9.65. The molecule has 1 aromatic heterocycles. The van der Waals surface area contributed by atoms with Gasteiger partial charge in [0.1, 0.15) is 5.75 Å². The van der Waals surface area contributed by atoms with Crippen molar-refractivity contribution >= 4 is 11.9 Å². The van der Waals surface area contributed by atoms with E-state index in [1.165, 1.54) is 0 Å². The third-order valence-electron chi connectivity index (χ3n) is 2.53. The monoisotopic (exact) mass is 276 g/mol. The van der Waals surface area contributed by atoms with Crippen LogP contribution >= 0.6 is 0 Å². The second-order valence-electron chi connectivity index (χ2n) is 3.91. The van der Waals surface area contributed by atoms with Gasteiger partial charge in [-0.2, -0.15) is 4.98 Å². The Hall–Kier alpha value is -2.50. The van der Waals surface area contributed by atoms with Crippen molar-refractivity contribution in [2.45, 2.75) is 13.8 Å². The van der Waals surface area contributed by atoms with Gasteiger partial charge in [-0.1, -0.05) is 0 Å². The zero-order chi connectivity index (χ0) is 14.5. The van der Waals surface area contributed by atoms with Crippen molar-refractivity contribution in [2.24, 2.45) is 0 Å². The fourth-order valence-electron chi connectivity index (χ4n) is 1.66. The Kier molecular flexibility index (Phi) is 4.24. The number of anilines is 1. The molecule has 0 bridgehead atoms. The highest BCUT2D eigenvalue weighted by molar-refractivity contribution is 5.92. The molecule has 0 spiro atoms. The molecule has 1 aromatic carbocycles. The molecule has 0 saturated heterocycles. The predicted octanol–water partition coefficient (Wildman–Crippen LogP) is 2.50. The summed E-state index contributed by atoms with van der Waals surface area (Å²) in [6.45, 7) is 4.47. The van der Waals surface area contributed by atoms with Gasteiger partial charge in [-0.25, -0.2) is 4.79 Å². The van der Waals surface area contributed by atoms with E-state index in [2.05, 4.69) is 4.98 Å². The van der Waals surface area contributed by atoms with E-state index in [0.717, 1.165) is 5.75 Å². The van der Waals surface area contributed by atoms with Gasteiger partial charge in [-0.15, -0.1) is 0 Å². The minimum Gasteiger partial charge on any atom is -0.494 e. The number of oxazole rings is 1. The molecule has 0 fully saturated rings. The van der Waals surface area contributed by atoms with Gasteiger partial charge in [-0.3, -0.25) is 0 Å². The van der Waals surface area contributed by atoms with Crippen LogP contribution in [0.3, 0.4) is 0 Å². The number of carbonyl (C=O) groups is 1. The normalized spacial score (nSPS) is 10.3. The van der Waals surface area contributed by atoms with Crippen molar-refractivity contribution in [3.63, 3.8) is 0 Å². The third-order valence-corrected chi connectivity index (χ3v) is 2.53. The highest BCUT2D eigenvalue weighted by Crippen LogP contribution is 2.25. The zero-order valence-electron chi connectivity index (χ0n) is 11.4. The summed E-state index contributed by atoms with van der Waals surface area (Å²) in [6.07, 6.45) is 0. The van der Waals surface area contributed by atoms with Crippen molar-refractivity contribution in [2.75, 3.05) is 18.9 Å². The average Bonchev–Trinajstić information content (AvgIpc) is 2.82. The molecular weight excluding hydrogens is 260 g/mol. The van der Waals surface area contributed by atoms with Gasteiger partial charge in [0.2, 0.25) is 17.5 Å². The first-order valence-corrected chi connectivity index (χ1v) is 6.32. The topological polar surface area (TPSA) is 87.6 Å². The van der Waals surface area contributed by atoms with Crippen LogP contribution in [0.1, 0.15) is 24.3 Å². The molecule has 0 amide bonds. The number of nitrogens with zero attached hydrogens (tertiary/aromatic N) is 1. The molecular formula is C14H16N2O4. The van der Waals surface area contributed by atoms with E-state index in [9.17, 15) is 4.79 Å². The van der Waals surface area contributed by atoms with Crippen LogP contribution in [0.15, 0.2) is 28.7 Å². The van der Waals surface area contributed by atoms with E-state index in [0.29, 0.717) is 12.2 Å². The van der Waals surface area contributed by atoms with Crippen molar-refractivity contribution in [3.8, 4) is 17.2 Å². The molecule has 0 atom stereocenters. The summed E-state index contributed by atoms with van der Waals surface area (Å²) in [5.41, 5.74) is 6.33.